The van der Waals surface area contributed by atoms with Crippen LogP contribution in [-0.2, 0) is 4.79 Å². The second-order valence-electron chi connectivity index (χ2n) is 5.63. The van der Waals surface area contributed by atoms with Crippen LogP contribution in [0, 0.1) is 0 Å². The molecule has 21 heavy (non-hydrogen) atoms. The molecule has 1 aliphatic heterocycles. The maximum absolute atomic E-state index is 11.5. The number of hydrogen-bond acceptors (Lipinski definition) is 4. The van der Waals surface area contributed by atoms with Crippen molar-refractivity contribution in [3.8, 4) is 0 Å². The van der Waals surface area contributed by atoms with Crippen LogP contribution in [0.25, 0.3) is 0 Å². The summed E-state index contributed by atoms with van der Waals surface area (Å²) in [6.45, 7) is 7.50. The lowest BCUT2D eigenvalue weighted by Crippen LogP contribution is -2.51. The number of carbonyl (C=O) groups is 1. The molecule has 0 radical (unpaired) electrons. The number of piperazine rings is 1. The molecule has 0 aliphatic carbocycles. The van der Waals surface area contributed by atoms with Gasteiger partial charge in [0, 0.05) is 57.4 Å². The maximum atomic E-state index is 11.5. The number of nitrogens with one attached hydrogen (secondary N) is 1. The minimum atomic E-state index is 0.0490. The van der Waals surface area contributed by atoms with Crippen molar-refractivity contribution in [3.63, 3.8) is 0 Å². The van der Waals surface area contributed by atoms with Crippen molar-refractivity contribution in [2.75, 3.05) is 44.2 Å². The highest BCUT2D eigenvalue weighted by atomic mass is 16.1. The molecular weight excluding hydrogens is 264 g/mol. The quantitative estimate of drug-likeness (QED) is 0.808. The SMILES string of the molecule is CC(CN1CCN(c2ccccc2)CC1)NC(=O)CCN. The predicted octanol–water partition coefficient (Wildman–Crippen LogP) is 0.662. The van der Waals surface area contributed by atoms with Crippen LogP contribution in [-0.4, -0.2) is 56.1 Å². The maximum Gasteiger partial charge on any atom is 0.221 e. The van der Waals surface area contributed by atoms with Crippen molar-refractivity contribution in [2.24, 2.45) is 5.73 Å². The number of anilines is 1. The minimum absolute atomic E-state index is 0.0490. The molecule has 2 rings (SSSR count). The van der Waals surface area contributed by atoms with Gasteiger partial charge >= 0.3 is 0 Å². The summed E-state index contributed by atoms with van der Waals surface area (Å²) in [5.41, 5.74) is 6.68. The second-order valence-corrected chi connectivity index (χ2v) is 5.63. The smallest absolute Gasteiger partial charge is 0.221 e. The number of benzene rings is 1. The van der Waals surface area contributed by atoms with Gasteiger partial charge in [-0.3, -0.25) is 9.69 Å². The first-order valence-corrected chi connectivity index (χ1v) is 7.71. The normalized spacial score (nSPS) is 17.5. The largest absolute Gasteiger partial charge is 0.369 e. The Hall–Kier alpha value is -1.59. The van der Waals surface area contributed by atoms with Gasteiger partial charge in [-0.05, 0) is 19.1 Å². The van der Waals surface area contributed by atoms with Gasteiger partial charge in [0.2, 0.25) is 5.91 Å². The molecule has 1 aromatic carbocycles. The van der Waals surface area contributed by atoms with E-state index in [9.17, 15) is 4.79 Å². The summed E-state index contributed by atoms with van der Waals surface area (Å²) in [7, 11) is 0. The van der Waals surface area contributed by atoms with E-state index >= 15 is 0 Å². The highest BCUT2D eigenvalue weighted by Crippen LogP contribution is 2.15. The first kappa shape index (κ1) is 15.8. The molecule has 1 amide bonds. The first-order chi connectivity index (χ1) is 10.2. The lowest BCUT2D eigenvalue weighted by atomic mass is 10.2. The van der Waals surface area contributed by atoms with Gasteiger partial charge in [0.1, 0.15) is 0 Å². The first-order valence-electron chi connectivity index (χ1n) is 7.71. The van der Waals surface area contributed by atoms with Crippen LogP contribution in [0.1, 0.15) is 13.3 Å². The predicted molar refractivity (Wildman–Crippen MR) is 86.4 cm³/mol. The van der Waals surface area contributed by atoms with E-state index in [1.54, 1.807) is 0 Å². The van der Waals surface area contributed by atoms with Crippen LogP contribution in [0.2, 0.25) is 0 Å². The third-order valence-corrected chi connectivity index (χ3v) is 3.80. The number of hydrogen-bond donors (Lipinski definition) is 2. The van der Waals surface area contributed by atoms with Crippen molar-refractivity contribution in [2.45, 2.75) is 19.4 Å². The lowest BCUT2D eigenvalue weighted by Gasteiger charge is -2.37. The van der Waals surface area contributed by atoms with E-state index in [2.05, 4.69) is 46.3 Å². The van der Waals surface area contributed by atoms with Crippen molar-refractivity contribution < 1.29 is 4.79 Å². The Morgan fingerprint density at radius 1 is 1.24 bits per heavy atom. The van der Waals surface area contributed by atoms with E-state index in [1.807, 2.05) is 6.07 Å². The Labute approximate surface area is 127 Å². The Kier molecular flexibility index (Phi) is 6.02. The fourth-order valence-electron chi connectivity index (χ4n) is 2.74. The van der Waals surface area contributed by atoms with Crippen LogP contribution >= 0.6 is 0 Å². The standard InChI is InChI=1S/C16H26N4O/c1-14(18-16(21)7-8-17)13-19-9-11-20(12-10-19)15-5-3-2-4-6-15/h2-6,14H,7-13,17H2,1H3,(H,18,21). The molecule has 1 fully saturated rings. The molecule has 1 atom stereocenters. The topological polar surface area (TPSA) is 61.6 Å². The minimum Gasteiger partial charge on any atom is -0.369 e. The highest BCUT2D eigenvalue weighted by molar-refractivity contribution is 5.76. The van der Waals surface area contributed by atoms with Gasteiger partial charge < -0.3 is 16.0 Å². The summed E-state index contributed by atoms with van der Waals surface area (Å²) in [4.78, 5) is 16.3. The van der Waals surface area contributed by atoms with Gasteiger partial charge in [-0.15, -0.1) is 0 Å². The number of para-hydroxylation sites is 1. The van der Waals surface area contributed by atoms with E-state index in [1.165, 1.54) is 5.69 Å². The molecule has 0 aromatic heterocycles. The van der Waals surface area contributed by atoms with Gasteiger partial charge in [-0.2, -0.15) is 0 Å². The van der Waals surface area contributed by atoms with E-state index < -0.39 is 0 Å². The van der Waals surface area contributed by atoms with Crippen LogP contribution in [0.4, 0.5) is 5.69 Å². The van der Waals surface area contributed by atoms with Crippen molar-refractivity contribution in [3.05, 3.63) is 30.3 Å². The molecule has 1 saturated heterocycles. The van der Waals surface area contributed by atoms with E-state index in [0.717, 1.165) is 32.7 Å². The molecule has 3 N–H and O–H groups in total. The molecule has 1 aromatic rings. The van der Waals surface area contributed by atoms with Gasteiger partial charge in [-0.1, -0.05) is 18.2 Å². The lowest BCUT2D eigenvalue weighted by molar-refractivity contribution is -0.121. The van der Waals surface area contributed by atoms with Crippen molar-refractivity contribution in [1.29, 1.82) is 0 Å². The molecule has 116 valence electrons. The summed E-state index contributed by atoms with van der Waals surface area (Å²) in [5, 5.41) is 3.00. The van der Waals surface area contributed by atoms with Gasteiger partial charge in [0.25, 0.3) is 0 Å². The summed E-state index contributed by atoms with van der Waals surface area (Å²) in [6, 6.07) is 10.7. The summed E-state index contributed by atoms with van der Waals surface area (Å²) in [6.07, 6.45) is 0.409. The third-order valence-electron chi connectivity index (χ3n) is 3.80. The second kappa shape index (κ2) is 8.00. The monoisotopic (exact) mass is 290 g/mol. The summed E-state index contributed by atoms with van der Waals surface area (Å²) < 4.78 is 0. The number of amides is 1. The van der Waals surface area contributed by atoms with Gasteiger partial charge in [0.05, 0.1) is 0 Å². The van der Waals surface area contributed by atoms with Gasteiger partial charge in [0.15, 0.2) is 0 Å². The third kappa shape index (κ3) is 5.02. The van der Waals surface area contributed by atoms with Crippen molar-refractivity contribution >= 4 is 11.6 Å². The zero-order valence-corrected chi connectivity index (χ0v) is 12.8. The van der Waals surface area contributed by atoms with Gasteiger partial charge in [-0.25, -0.2) is 0 Å². The molecule has 0 spiro atoms. The Morgan fingerprint density at radius 2 is 1.90 bits per heavy atom. The zero-order valence-electron chi connectivity index (χ0n) is 12.8. The average Bonchev–Trinajstić information content (AvgIpc) is 2.49. The van der Waals surface area contributed by atoms with Crippen LogP contribution in [0.3, 0.4) is 0 Å². The number of nitrogens with two attached hydrogens (primary N) is 1. The summed E-state index contributed by atoms with van der Waals surface area (Å²) in [5.74, 6) is 0.0490. The van der Waals surface area contributed by atoms with E-state index in [4.69, 9.17) is 5.73 Å². The van der Waals surface area contributed by atoms with Crippen LogP contribution in [0.5, 0.6) is 0 Å². The Balaban J connectivity index is 1.73. The van der Waals surface area contributed by atoms with Crippen LogP contribution < -0.4 is 16.0 Å². The Morgan fingerprint density at radius 3 is 2.52 bits per heavy atom. The number of rotatable bonds is 6. The summed E-state index contributed by atoms with van der Waals surface area (Å²) >= 11 is 0. The average molecular weight is 290 g/mol. The molecule has 1 unspecified atom stereocenters. The zero-order chi connectivity index (χ0) is 15.1. The van der Waals surface area contributed by atoms with Crippen LogP contribution in [0.15, 0.2) is 30.3 Å². The fourth-order valence-corrected chi connectivity index (χ4v) is 2.74. The van der Waals surface area contributed by atoms with Crippen molar-refractivity contribution in [1.82, 2.24) is 10.2 Å². The molecule has 1 heterocycles. The molecule has 0 bridgehead atoms. The Bertz CT molecular complexity index is 429. The number of carbonyl (C=O) groups excluding carboxylic acids is 1. The van der Waals surface area contributed by atoms with E-state index in [0.29, 0.717) is 13.0 Å². The highest BCUT2D eigenvalue weighted by Gasteiger charge is 2.19. The molecule has 1 aliphatic rings. The number of nitrogens with zero attached hydrogens (tertiary/aromatic N) is 2. The molecular formula is C16H26N4O. The molecule has 5 nitrogen and oxygen atoms in total. The van der Waals surface area contributed by atoms with E-state index in [-0.39, 0.29) is 11.9 Å². The molecule has 0 saturated carbocycles. The fraction of sp³-hybridized carbons (Fsp3) is 0.562. The molecule has 5 heteroatoms.